The summed E-state index contributed by atoms with van der Waals surface area (Å²) >= 11 is 0. The van der Waals surface area contributed by atoms with Gasteiger partial charge in [0.1, 0.15) is 11.6 Å². The summed E-state index contributed by atoms with van der Waals surface area (Å²) in [5.74, 6) is 1.31. The van der Waals surface area contributed by atoms with Crippen molar-refractivity contribution in [3.63, 3.8) is 0 Å². The van der Waals surface area contributed by atoms with Gasteiger partial charge in [0.25, 0.3) is 0 Å². The van der Waals surface area contributed by atoms with E-state index < -0.39 is 11.6 Å². The topological polar surface area (TPSA) is 0 Å². The molecule has 2 fully saturated rings. The van der Waals surface area contributed by atoms with E-state index in [1.807, 2.05) is 12.1 Å². The maximum absolute atomic E-state index is 15.2. The van der Waals surface area contributed by atoms with Gasteiger partial charge in [-0.15, -0.1) is 0 Å². The van der Waals surface area contributed by atoms with Gasteiger partial charge in [0, 0.05) is 5.56 Å². The van der Waals surface area contributed by atoms with Gasteiger partial charge < -0.3 is 0 Å². The van der Waals surface area contributed by atoms with E-state index in [1.165, 1.54) is 62.6 Å². The lowest BCUT2D eigenvalue weighted by molar-refractivity contribution is 0.293. The minimum atomic E-state index is -0.397. The van der Waals surface area contributed by atoms with E-state index >= 15 is 8.78 Å². The lowest BCUT2D eigenvalue weighted by Gasteiger charge is -2.29. The van der Waals surface area contributed by atoms with Gasteiger partial charge in [-0.05, 0) is 110 Å². The Hall–Kier alpha value is -1.77. The number of hydrogen-bond acceptors (Lipinski definition) is 0. The first-order chi connectivity index (χ1) is 17.6. The third-order valence-corrected chi connectivity index (χ3v) is 9.11. The van der Waals surface area contributed by atoms with Gasteiger partial charge in [-0.25, -0.2) is 8.78 Å². The smallest absolute Gasteiger partial charge is 0.130 e. The van der Waals surface area contributed by atoms with Crippen LogP contribution in [0.4, 0.5) is 13.2 Å². The summed E-state index contributed by atoms with van der Waals surface area (Å²) in [4.78, 5) is 0. The van der Waals surface area contributed by atoms with E-state index in [-0.39, 0.29) is 18.2 Å². The molecule has 2 aliphatic rings. The monoisotopic (exact) mass is 498 g/mol. The van der Waals surface area contributed by atoms with Crippen molar-refractivity contribution >= 4 is 0 Å². The van der Waals surface area contributed by atoms with Gasteiger partial charge in [-0.3, -0.25) is 4.39 Å². The van der Waals surface area contributed by atoms with Crippen LogP contribution >= 0.6 is 0 Å². The molecule has 0 nitrogen and oxygen atoms in total. The molecule has 36 heavy (non-hydrogen) atoms. The van der Waals surface area contributed by atoms with Gasteiger partial charge >= 0.3 is 0 Å². The van der Waals surface area contributed by atoms with Crippen LogP contribution in [0.1, 0.15) is 126 Å². The Bertz CT molecular complexity index is 895. The van der Waals surface area contributed by atoms with Crippen molar-refractivity contribution < 1.29 is 13.2 Å². The summed E-state index contributed by atoms with van der Waals surface area (Å²) in [6.07, 6.45) is 16.7. The molecule has 0 aliphatic heterocycles. The Morgan fingerprint density at radius 2 is 1.19 bits per heavy atom. The molecule has 0 spiro atoms. The van der Waals surface area contributed by atoms with Crippen molar-refractivity contribution in [3.8, 4) is 11.1 Å². The zero-order chi connectivity index (χ0) is 25.3. The van der Waals surface area contributed by atoms with E-state index in [0.29, 0.717) is 23.8 Å². The number of unbranched alkanes of at least 4 members (excludes halogenated alkanes) is 3. The summed E-state index contributed by atoms with van der Waals surface area (Å²) in [7, 11) is 0. The highest BCUT2D eigenvalue weighted by atomic mass is 19.1. The summed E-state index contributed by atoms with van der Waals surface area (Å²) in [5, 5.41) is 0. The van der Waals surface area contributed by atoms with Crippen LogP contribution in [0.3, 0.4) is 0 Å². The first kappa shape index (κ1) is 27.3. The van der Waals surface area contributed by atoms with Crippen LogP contribution in [-0.4, -0.2) is 6.67 Å². The summed E-state index contributed by atoms with van der Waals surface area (Å²) < 4.78 is 42.6. The first-order valence-electron chi connectivity index (χ1n) is 14.7. The fraction of sp³-hybridized carbons (Fsp3) is 0.636. The van der Waals surface area contributed by atoms with Crippen LogP contribution in [0.2, 0.25) is 0 Å². The van der Waals surface area contributed by atoms with Crippen LogP contribution < -0.4 is 0 Å². The normalized spacial score (nSPS) is 24.7. The maximum atomic E-state index is 15.2. The molecule has 0 unspecified atom stereocenters. The molecule has 2 saturated carbocycles. The molecule has 0 radical (unpaired) electrons. The van der Waals surface area contributed by atoms with Crippen molar-refractivity contribution in [1.29, 1.82) is 0 Å². The van der Waals surface area contributed by atoms with Crippen LogP contribution in [0.5, 0.6) is 0 Å². The second-order valence-corrected chi connectivity index (χ2v) is 11.6. The zero-order valence-corrected chi connectivity index (χ0v) is 22.2. The highest BCUT2D eigenvalue weighted by Gasteiger charge is 2.27. The van der Waals surface area contributed by atoms with E-state index in [4.69, 9.17) is 0 Å². The number of hydrogen-bond donors (Lipinski definition) is 0. The molecule has 198 valence electrons. The second kappa shape index (κ2) is 13.7. The second-order valence-electron chi connectivity index (χ2n) is 11.6. The van der Waals surface area contributed by atoms with Crippen LogP contribution in [0.15, 0.2) is 36.4 Å². The van der Waals surface area contributed by atoms with Crippen molar-refractivity contribution in [2.24, 2.45) is 11.8 Å². The molecule has 3 heteroatoms. The van der Waals surface area contributed by atoms with Crippen LogP contribution in [0.25, 0.3) is 11.1 Å². The minimum absolute atomic E-state index is 0.0315. The molecular formula is C33H45F3. The maximum Gasteiger partial charge on any atom is 0.130 e. The first-order valence-corrected chi connectivity index (χ1v) is 14.7. The molecule has 0 bridgehead atoms. The Labute approximate surface area is 217 Å². The van der Waals surface area contributed by atoms with Crippen LogP contribution in [0, 0.1) is 23.5 Å². The average Bonchev–Trinajstić information content (AvgIpc) is 2.91. The van der Waals surface area contributed by atoms with Crippen molar-refractivity contribution in [3.05, 3.63) is 59.2 Å². The predicted molar refractivity (Wildman–Crippen MR) is 145 cm³/mol. The van der Waals surface area contributed by atoms with Crippen LogP contribution in [-0.2, 0) is 0 Å². The fourth-order valence-corrected chi connectivity index (χ4v) is 6.81. The molecule has 0 amide bonds. The molecule has 0 atom stereocenters. The van der Waals surface area contributed by atoms with Gasteiger partial charge in [0.2, 0.25) is 0 Å². The van der Waals surface area contributed by atoms with E-state index in [0.717, 1.165) is 56.4 Å². The number of rotatable bonds is 11. The third kappa shape index (κ3) is 7.17. The molecule has 0 aromatic heterocycles. The zero-order valence-electron chi connectivity index (χ0n) is 22.2. The number of benzene rings is 2. The number of halogens is 3. The fourth-order valence-electron chi connectivity index (χ4n) is 6.81. The highest BCUT2D eigenvalue weighted by molar-refractivity contribution is 5.64. The lowest BCUT2D eigenvalue weighted by atomic mass is 9.76. The molecule has 2 aromatic rings. The van der Waals surface area contributed by atoms with Gasteiger partial charge in [-0.2, -0.15) is 0 Å². The molecular weight excluding hydrogens is 453 g/mol. The largest absolute Gasteiger partial charge is 0.251 e. The SMILES string of the molecule is CCCC[C@H]1CC[C@H](c2ccc(-c3cc(F)c([C@H]4CC[C@H](CCCCCF)CC4)c(F)c3)cc2)CC1. The molecule has 2 aliphatic carbocycles. The van der Waals surface area contributed by atoms with Gasteiger partial charge in [-0.1, -0.05) is 69.7 Å². The van der Waals surface area contributed by atoms with E-state index in [2.05, 4.69) is 19.1 Å². The molecule has 2 aromatic carbocycles. The highest BCUT2D eigenvalue weighted by Crippen LogP contribution is 2.41. The number of alkyl halides is 1. The Morgan fingerprint density at radius 3 is 1.75 bits per heavy atom. The van der Waals surface area contributed by atoms with Crippen molar-refractivity contribution in [2.75, 3.05) is 6.67 Å². The minimum Gasteiger partial charge on any atom is -0.251 e. The Balaban J connectivity index is 1.34. The third-order valence-electron chi connectivity index (χ3n) is 9.11. The molecule has 0 heterocycles. The molecule has 0 saturated heterocycles. The molecule has 4 rings (SSSR count). The summed E-state index contributed by atoms with van der Waals surface area (Å²) in [6.45, 7) is 2.04. The Kier molecular flexibility index (Phi) is 10.4. The Morgan fingerprint density at radius 1 is 0.639 bits per heavy atom. The average molecular weight is 499 g/mol. The van der Waals surface area contributed by atoms with E-state index in [9.17, 15) is 4.39 Å². The predicted octanol–water partition coefficient (Wildman–Crippen LogP) is 10.9. The standard InChI is InChI=1S/C33H45F3/c1-2-3-7-24-9-13-26(14-10-24)27-17-19-28(20-18-27)30-22-31(35)33(32(36)23-30)29-15-11-25(12-16-29)8-5-4-6-21-34/h17-20,22-26,29H,2-16,21H2,1H3/t24-,25-,26-,29-. The van der Waals surface area contributed by atoms with E-state index in [1.54, 1.807) is 0 Å². The quantitative estimate of drug-likeness (QED) is 0.270. The van der Waals surface area contributed by atoms with Crippen molar-refractivity contribution in [1.82, 2.24) is 0 Å². The van der Waals surface area contributed by atoms with Crippen molar-refractivity contribution in [2.45, 2.75) is 115 Å². The summed E-state index contributed by atoms with van der Waals surface area (Å²) in [6, 6.07) is 11.5. The van der Waals surface area contributed by atoms with Gasteiger partial charge in [0.15, 0.2) is 0 Å². The summed E-state index contributed by atoms with van der Waals surface area (Å²) in [5.41, 5.74) is 3.17. The molecule has 0 N–H and O–H groups in total. The van der Waals surface area contributed by atoms with Gasteiger partial charge in [0.05, 0.1) is 6.67 Å². The lowest BCUT2D eigenvalue weighted by Crippen LogP contribution is -2.15.